The standard InChI is InChI=1S/C14H28N2/c1-12(2)14(7-8-14)11-15-10-13(3)6-4-5-9-16-13/h12,15-16H,4-11H2,1-3H3. The van der Waals surface area contributed by atoms with Crippen molar-refractivity contribution >= 4 is 0 Å². The van der Waals surface area contributed by atoms with E-state index in [2.05, 4.69) is 31.4 Å². The highest BCUT2D eigenvalue weighted by molar-refractivity contribution is 4.98. The van der Waals surface area contributed by atoms with Gasteiger partial charge in [-0.05, 0) is 50.5 Å². The van der Waals surface area contributed by atoms with Gasteiger partial charge in [0.15, 0.2) is 0 Å². The van der Waals surface area contributed by atoms with Crippen molar-refractivity contribution < 1.29 is 0 Å². The van der Waals surface area contributed by atoms with Gasteiger partial charge in [0, 0.05) is 18.6 Å². The van der Waals surface area contributed by atoms with Crippen LogP contribution in [0.25, 0.3) is 0 Å². The van der Waals surface area contributed by atoms with Crippen molar-refractivity contribution in [3.05, 3.63) is 0 Å². The van der Waals surface area contributed by atoms with Gasteiger partial charge in [-0.3, -0.25) is 0 Å². The maximum absolute atomic E-state index is 3.72. The van der Waals surface area contributed by atoms with Gasteiger partial charge in [0.25, 0.3) is 0 Å². The van der Waals surface area contributed by atoms with Gasteiger partial charge in [0.1, 0.15) is 0 Å². The van der Waals surface area contributed by atoms with E-state index in [1.807, 2.05) is 0 Å². The number of piperidine rings is 1. The molecule has 0 aromatic rings. The topological polar surface area (TPSA) is 24.1 Å². The molecular formula is C14H28N2. The Labute approximate surface area is 101 Å². The number of hydrogen-bond acceptors (Lipinski definition) is 2. The van der Waals surface area contributed by atoms with Crippen LogP contribution >= 0.6 is 0 Å². The fraction of sp³-hybridized carbons (Fsp3) is 1.00. The van der Waals surface area contributed by atoms with Crippen molar-refractivity contribution in [2.75, 3.05) is 19.6 Å². The summed E-state index contributed by atoms with van der Waals surface area (Å²) in [5.41, 5.74) is 0.996. The van der Waals surface area contributed by atoms with Crippen molar-refractivity contribution in [2.24, 2.45) is 11.3 Å². The predicted octanol–water partition coefficient (Wildman–Crippen LogP) is 2.54. The molecule has 0 aromatic heterocycles. The first-order valence-electron chi connectivity index (χ1n) is 7.02. The minimum Gasteiger partial charge on any atom is -0.314 e. The van der Waals surface area contributed by atoms with Gasteiger partial charge >= 0.3 is 0 Å². The molecule has 16 heavy (non-hydrogen) atoms. The lowest BCUT2D eigenvalue weighted by molar-refractivity contribution is 0.250. The van der Waals surface area contributed by atoms with Crippen molar-refractivity contribution in [3.63, 3.8) is 0 Å². The molecule has 1 aliphatic heterocycles. The summed E-state index contributed by atoms with van der Waals surface area (Å²) in [6.07, 6.45) is 6.93. The second-order valence-corrected chi connectivity index (χ2v) is 6.57. The Morgan fingerprint density at radius 2 is 1.88 bits per heavy atom. The van der Waals surface area contributed by atoms with Gasteiger partial charge in [-0.1, -0.05) is 20.3 Å². The number of rotatable bonds is 5. The third kappa shape index (κ3) is 2.78. The molecule has 0 amide bonds. The van der Waals surface area contributed by atoms with Crippen molar-refractivity contribution in [3.8, 4) is 0 Å². The van der Waals surface area contributed by atoms with Crippen LogP contribution in [0.4, 0.5) is 0 Å². The van der Waals surface area contributed by atoms with Crippen LogP contribution in [-0.4, -0.2) is 25.2 Å². The lowest BCUT2D eigenvalue weighted by Gasteiger charge is -2.36. The minimum atomic E-state index is 0.352. The predicted molar refractivity (Wildman–Crippen MR) is 69.6 cm³/mol. The van der Waals surface area contributed by atoms with Crippen LogP contribution in [0.3, 0.4) is 0 Å². The Balaban J connectivity index is 1.71. The zero-order valence-electron chi connectivity index (χ0n) is 11.2. The summed E-state index contributed by atoms with van der Waals surface area (Å²) < 4.78 is 0. The van der Waals surface area contributed by atoms with Gasteiger partial charge in [0.2, 0.25) is 0 Å². The molecule has 2 N–H and O–H groups in total. The SMILES string of the molecule is CC(C)C1(CNCC2(C)CCCCN2)CC1. The molecule has 1 saturated carbocycles. The molecule has 94 valence electrons. The quantitative estimate of drug-likeness (QED) is 0.750. The minimum absolute atomic E-state index is 0.352. The molecule has 1 heterocycles. The first-order valence-corrected chi connectivity index (χ1v) is 7.02. The molecule has 2 rings (SSSR count). The highest BCUT2D eigenvalue weighted by Gasteiger charge is 2.44. The van der Waals surface area contributed by atoms with E-state index >= 15 is 0 Å². The first-order chi connectivity index (χ1) is 7.56. The van der Waals surface area contributed by atoms with Crippen molar-refractivity contribution in [2.45, 2.75) is 58.4 Å². The zero-order chi connectivity index (χ0) is 11.6. The van der Waals surface area contributed by atoms with E-state index in [9.17, 15) is 0 Å². The Hall–Kier alpha value is -0.0800. The summed E-state index contributed by atoms with van der Waals surface area (Å²) in [7, 11) is 0. The normalized spacial score (nSPS) is 33.0. The maximum atomic E-state index is 3.72. The Kier molecular flexibility index (Phi) is 3.60. The highest BCUT2D eigenvalue weighted by atomic mass is 15.0. The second kappa shape index (κ2) is 4.66. The molecule has 2 heteroatoms. The summed E-state index contributed by atoms with van der Waals surface area (Å²) in [6.45, 7) is 10.7. The number of hydrogen-bond donors (Lipinski definition) is 2. The molecule has 1 atom stereocenters. The molecule has 0 bridgehead atoms. The van der Waals surface area contributed by atoms with E-state index in [-0.39, 0.29) is 0 Å². The zero-order valence-corrected chi connectivity index (χ0v) is 11.2. The maximum Gasteiger partial charge on any atom is 0.0277 e. The summed E-state index contributed by atoms with van der Waals surface area (Å²) in [5.74, 6) is 0.840. The van der Waals surface area contributed by atoms with Gasteiger partial charge in [0.05, 0.1) is 0 Å². The van der Waals surface area contributed by atoms with E-state index in [0.29, 0.717) is 11.0 Å². The number of nitrogens with one attached hydrogen (secondary N) is 2. The molecule has 0 radical (unpaired) electrons. The molecule has 1 aliphatic carbocycles. The van der Waals surface area contributed by atoms with Crippen LogP contribution in [0, 0.1) is 11.3 Å². The van der Waals surface area contributed by atoms with Crippen molar-refractivity contribution in [1.29, 1.82) is 0 Å². The molecule has 0 aromatic carbocycles. The monoisotopic (exact) mass is 224 g/mol. The average molecular weight is 224 g/mol. The smallest absolute Gasteiger partial charge is 0.0277 e. The molecule has 1 saturated heterocycles. The lowest BCUT2D eigenvalue weighted by atomic mass is 9.89. The molecule has 2 aliphatic rings. The van der Waals surface area contributed by atoms with Gasteiger partial charge < -0.3 is 10.6 Å². The van der Waals surface area contributed by atoms with E-state index in [1.165, 1.54) is 45.2 Å². The summed E-state index contributed by atoms with van der Waals surface area (Å²) >= 11 is 0. The average Bonchev–Trinajstić information content (AvgIpc) is 3.00. The molecule has 1 unspecified atom stereocenters. The summed E-state index contributed by atoms with van der Waals surface area (Å²) in [4.78, 5) is 0. The van der Waals surface area contributed by atoms with Crippen LogP contribution < -0.4 is 10.6 Å². The Bertz CT molecular complexity index is 225. The fourth-order valence-electron chi connectivity index (χ4n) is 2.98. The van der Waals surface area contributed by atoms with Crippen LogP contribution in [0.15, 0.2) is 0 Å². The van der Waals surface area contributed by atoms with Crippen molar-refractivity contribution in [1.82, 2.24) is 10.6 Å². The summed E-state index contributed by atoms with van der Waals surface area (Å²) in [5, 5.41) is 7.39. The van der Waals surface area contributed by atoms with E-state index in [1.54, 1.807) is 0 Å². The molecule has 0 spiro atoms. The fourth-order valence-corrected chi connectivity index (χ4v) is 2.98. The highest BCUT2D eigenvalue weighted by Crippen LogP contribution is 2.51. The third-order valence-corrected chi connectivity index (χ3v) is 4.82. The largest absolute Gasteiger partial charge is 0.314 e. The third-order valence-electron chi connectivity index (χ3n) is 4.82. The first kappa shape index (κ1) is 12.4. The Morgan fingerprint density at radius 3 is 2.38 bits per heavy atom. The van der Waals surface area contributed by atoms with Crippen LogP contribution in [0.2, 0.25) is 0 Å². The van der Waals surface area contributed by atoms with Gasteiger partial charge in [-0.15, -0.1) is 0 Å². The van der Waals surface area contributed by atoms with E-state index in [0.717, 1.165) is 12.5 Å². The van der Waals surface area contributed by atoms with Gasteiger partial charge in [-0.25, -0.2) is 0 Å². The van der Waals surface area contributed by atoms with Crippen LogP contribution in [-0.2, 0) is 0 Å². The molecule has 2 nitrogen and oxygen atoms in total. The molecule has 2 fully saturated rings. The van der Waals surface area contributed by atoms with Gasteiger partial charge in [-0.2, -0.15) is 0 Å². The lowest BCUT2D eigenvalue weighted by Crippen LogP contribution is -2.53. The van der Waals surface area contributed by atoms with E-state index < -0.39 is 0 Å². The van der Waals surface area contributed by atoms with E-state index in [4.69, 9.17) is 0 Å². The summed E-state index contributed by atoms with van der Waals surface area (Å²) in [6, 6.07) is 0. The van der Waals surface area contributed by atoms with Crippen LogP contribution in [0.1, 0.15) is 52.9 Å². The second-order valence-electron chi connectivity index (χ2n) is 6.57. The Morgan fingerprint density at radius 1 is 1.12 bits per heavy atom. The van der Waals surface area contributed by atoms with Crippen LogP contribution in [0.5, 0.6) is 0 Å². The molecular weight excluding hydrogens is 196 g/mol.